The quantitative estimate of drug-likeness (QED) is 0.718. The Morgan fingerprint density at radius 3 is 2.77 bits per heavy atom. The molecule has 0 spiro atoms. The second-order valence-corrected chi connectivity index (χ2v) is 7.48. The van der Waals surface area contributed by atoms with Crippen molar-refractivity contribution in [2.24, 2.45) is 0 Å². The van der Waals surface area contributed by atoms with Gasteiger partial charge in [-0.3, -0.25) is 4.79 Å². The van der Waals surface area contributed by atoms with E-state index in [-0.39, 0.29) is 30.4 Å². The van der Waals surface area contributed by atoms with Gasteiger partial charge in [-0.1, -0.05) is 41.6 Å². The molecule has 30 heavy (non-hydrogen) atoms. The molecule has 0 radical (unpaired) electrons. The molecular formula is C22H20FN5O2. The molecule has 1 fully saturated rings. The summed E-state index contributed by atoms with van der Waals surface area (Å²) in [7, 11) is 0. The zero-order valence-electron chi connectivity index (χ0n) is 16.3. The molecule has 3 aromatic rings. The SMILES string of the molecule is Cc1ccccc1-c1noc(CN2C=CN3NC(c4ccc(F)cc4)CC3C2=O)n1. The summed E-state index contributed by atoms with van der Waals surface area (Å²) in [6.45, 7) is 2.20. The minimum Gasteiger partial charge on any atom is -0.337 e. The number of amides is 1. The zero-order valence-corrected chi connectivity index (χ0v) is 16.3. The summed E-state index contributed by atoms with van der Waals surface area (Å²) in [6.07, 6.45) is 4.12. The van der Waals surface area contributed by atoms with Gasteiger partial charge in [0, 0.05) is 18.0 Å². The Morgan fingerprint density at radius 2 is 1.97 bits per heavy atom. The van der Waals surface area contributed by atoms with Gasteiger partial charge in [-0.05, 0) is 36.6 Å². The van der Waals surface area contributed by atoms with Crippen LogP contribution in [0, 0.1) is 12.7 Å². The lowest BCUT2D eigenvalue weighted by Gasteiger charge is -2.30. The van der Waals surface area contributed by atoms with E-state index < -0.39 is 0 Å². The fourth-order valence-corrected chi connectivity index (χ4v) is 3.88. The lowest BCUT2D eigenvalue weighted by molar-refractivity contribution is -0.135. The third-order valence-electron chi connectivity index (χ3n) is 5.51. The topological polar surface area (TPSA) is 74.5 Å². The number of benzene rings is 2. The number of carbonyl (C=O) groups excluding carboxylic acids is 1. The highest BCUT2D eigenvalue weighted by atomic mass is 19.1. The average Bonchev–Trinajstić information content (AvgIpc) is 3.39. The first-order valence-electron chi connectivity index (χ1n) is 9.76. The number of aromatic nitrogens is 2. The summed E-state index contributed by atoms with van der Waals surface area (Å²) in [5, 5.41) is 5.87. The van der Waals surface area contributed by atoms with E-state index in [4.69, 9.17) is 4.52 Å². The number of aryl methyl sites for hydroxylation is 1. The molecular weight excluding hydrogens is 385 g/mol. The molecule has 5 rings (SSSR count). The minimum absolute atomic E-state index is 0.0507. The molecule has 2 atom stereocenters. The van der Waals surface area contributed by atoms with Crippen molar-refractivity contribution in [2.75, 3.05) is 0 Å². The second-order valence-electron chi connectivity index (χ2n) is 7.48. The Labute approximate surface area is 172 Å². The van der Waals surface area contributed by atoms with Gasteiger partial charge in [0.25, 0.3) is 5.91 Å². The molecule has 2 aromatic carbocycles. The number of carbonyl (C=O) groups is 1. The molecule has 8 heteroatoms. The molecule has 2 aliphatic rings. The van der Waals surface area contributed by atoms with Crippen molar-refractivity contribution in [3.05, 3.63) is 83.8 Å². The van der Waals surface area contributed by atoms with E-state index in [2.05, 4.69) is 15.6 Å². The summed E-state index contributed by atoms with van der Waals surface area (Å²) in [4.78, 5) is 19.1. The van der Waals surface area contributed by atoms with Crippen molar-refractivity contribution in [1.29, 1.82) is 0 Å². The van der Waals surface area contributed by atoms with Gasteiger partial charge in [-0.15, -0.1) is 0 Å². The van der Waals surface area contributed by atoms with E-state index in [1.807, 2.05) is 37.4 Å². The molecule has 3 heterocycles. The molecule has 2 unspecified atom stereocenters. The summed E-state index contributed by atoms with van der Waals surface area (Å²) in [5.41, 5.74) is 6.20. The van der Waals surface area contributed by atoms with Gasteiger partial charge in [-0.25, -0.2) is 9.82 Å². The highest BCUT2D eigenvalue weighted by Gasteiger charge is 2.40. The van der Waals surface area contributed by atoms with Crippen LogP contribution in [0.25, 0.3) is 11.4 Å². The third kappa shape index (κ3) is 3.35. The fraction of sp³-hybridized carbons (Fsp3) is 0.227. The van der Waals surface area contributed by atoms with Crippen LogP contribution in [0.15, 0.2) is 65.5 Å². The van der Waals surface area contributed by atoms with Crippen LogP contribution in [0.5, 0.6) is 0 Å². The first-order chi connectivity index (χ1) is 14.6. The molecule has 2 aliphatic heterocycles. The van der Waals surface area contributed by atoms with Gasteiger partial charge in [0.1, 0.15) is 18.4 Å². The van der Waals surface area contributed by atoms with Crippen molar-refractivity contribution in [1.82, 2.24) is 25.5 Å². The average molecular weight is 405 g/mol. The van der Waals surface area contributed by atoms with Crippen molar-refractivity contribution < 1.29 is 13.7 Å². The normalized spacial score (nSPS) is 20.7. The van der Waals surface area contributed by atoms with E-state index in [9.17, 15) is 9.18 Å². The number of rotatable bonds is 4. The molecule has 0 saturated carbocycles. The number of hydrazine groups is 1. The molecule has 1 N–H and O–H groups in total. The number of nitrogens with zero attached hydrogens (tertiary/aromatic N) is 4. The van der Waals surface area contributed by atoms with Crippen LogP contribution in [0.1, 0.15) is 29.5 Å². The highest BCUT2D eigenvalue weighted by Crippen LogP contribution is 2.31. The van der Waals surface area contributed by atoms with Crippen LogP contribution >= 0.6 is 0 Å². The minimum atomic E-state index is -0.344. The van der Waals surface area contributed by atoms with Crippen molar-refractivity contribution in [2.45, 2.75) is 32.0 Å². The Hall–Kier alpha value is -3.52. The summed E-state index contributed by atoms with van der Waals surface area (Å²) in [6, 6.07) is 13.7. The van der Waals surface area contributed by atoms with Gasteiger partial charge in [0.15, 0.2) is 0 Å². The Bertz CT molecular complexity index is 1110. The van der Waals surface area contributed by atoms with E-state index >= 15 is 0 Å². The monoisotopic (exact) mass is 405 g/mol. The van der Waals surface area contributed by atoms with E-state index in [0.29, 0.717) is 18.1 Å². The number of halogens is 1. The maximum absolute atomic E-state index is 13.2. The number of hydrogen-bond acceptors (Lipinski definition) is 6. The van der Waals surface area contributed by atoms with Gasteiger partial charge < -0.3 is 14.4 Å². The van der Waals surface area contributed by atoms with Crippen molar-refractivity contribution >= 4 is 5.91 Å². The van der Waals surface area contributed by atoms with Gasteiger partial charge in [0.2, 0.25) is 11.7 Å². The number of fused-ring (bicyclic) bond motifs is 1. The predicted octanol–water partition coefficient (Wildman–Crippen LogP) is 3.32. The van der Waals surface area contributed by atoms with Gasteiger partial charge in [0.05, 0.1) is 6.04 Å². The highest BCUT2D eigenvalue weighted by molar-refractivity contribution is 5.84. The first kappa shape index (κ1) is 18.5. The zero-order chi connectivity index (χ0) is 20.7. The van der Waals surface area contributed by atoms with E-state index in [0.717, 1.165) is 16.7 Å². The van der Waals surface area contributed by atoms with Crippen molar-refractivity contribution in [3.63, 3.8) is 0 Å². The third-order valence-corrected chi connectivity index (χ3v) is 5.51. The lowest BCUT2D eigenvalue weighted by atomic mass is 10.0. The standard InChI is InChI=1S/C22H20FN5O2/c1-14-4-2-3-5-17(14)21-24-20(30-26-21)13-27-10-11-28-19(22(27)29)12-18(25-28)15-6-8-16(23)9-7-15/h2-11,18-19,25H,12-13H2,1H3. The van der Waals surface area contributed by atoms with Crippen LogP contribution in [-0.4, -0.2) is 32.0 Å². The lowest BCUT2D eigenvalue weighted by Crippen LogP contribution is -2.47. The van der Waals surface area contributed by atoms with Crippen molar-refractivity contribution in [3.8, 4) is 11.4 Å². The van der Waals surface area contributed by atoms with Crippen LogP contribution < -0.4 is 5.43 Å². The van der Waals surface area contributed by atoms with Gasteiger partial charge in [-0.2, -0.15) is 4.98 Å². The molecule has 152 valence electrons. The smallest absolute Gasteiger partial charge is 0.251 e. The maximum atomic E-state index is 13.2. The number of hydrogen-bond donors (Lipinski definition) is 1. The molecule has 1 amide bonds. The molecule has 0 bridgehead atoms. The van der Waals surface area contributed by atoms with Crippen LogP contribution in [-0.2, 0) is 11.3 Å². The Balaban J connectivity index is 1.29. The number of nitrogens with one attached hydrogen (secondary N) is 1. The molecule has 1 aromatic heterocycles. The Morgan fingerprint density at radius 1 is 1.17 bits per heavy atom. The van der Waals surface area contributed by atoms with E-state index in [1.54, 1.807) is 28.2 Å². The Kier molecular flexibility index (Phi) is 4.55. The fourth-order valence-electron chi connectivity index (χ4n) is 3.88. The predicted molar refractivity (Wildman–Crippen MR) is 107 cm³/mol. The first-order valence-corrected chi connectivity index (χ1v) is 9.76. The molecule has 0 aliphatic carbocycles. The van der Waals surface area contributed by atoms with Crippen LogP contribution in [0.4, 0.5) is 4.39 Å². The van der Waals surface area contributed by atoms with Crippen LogP contribution in [0.3, 0.4) is 0 Å². The summed E-state index contributed by atoms with van der Waals surface area (Å²) < 4.78 is 18.6. The summed E-state index contributed by atoms with van der Waals surface area (Å²) >= 11 is 0. The second kappa shape index (κ2) is 7.38. The largest absolute Gasteiger partial charge is 0.337 e. The maximum Gasteiger partial charge on any atom is 0.251 e. The van der Waals surface area contributed by atoms with Gasteiger partial charge >= 0.3 is 0 Å². The summed E-state index contributed by atoms with van der Waals surface area (Å²) in [5.74, 6) is 0.560. The molecule has 1 saturated heterocycles. The van der Waals surface area contributed by atoms with Crippen LogP contribution in [0.2, 0.25) is 0 Å². The molecule has 7 nitrogen and oxygen atoms in total. The van der Waals surface area contributed by atoms with E-state index in [1.165, 1.54) is 12.1 Å².